The fourth-order valence-electron chi connectivity index (χ4n) is 2.61. The maximum atomic E-state index is 13.0. The third-order valence-electron chi connectivity index (χ3n) is 3.60. The first-order chi connectivity index (χ1) is 11.4. The Morgan fingerprint density at radius 1 is 1.33 bits per heavy atom. The van der Waals surface area contributed by atoms with Gasteiger partial charge in [-0.1, -0.05) is 6.07 Å². The van der Waals surface area contributed by atoms with E-state index in [0.29, 0.717) is 10.6 Å². The van der Waals surface area contributed by atoms with Gasteiger partial charge in [-0.25, -0.2) is 0 Å². The van der Waals surface area contributed by atoms with Crippen molar-refractivity contribution in [1.29, 1.82) is 0 Å². The van der Waals surface area contributed by atoms with Gasteiger partial charge in [0.15, 0.2) is 0 Å². The van der Waals surface area contributed by atoms with Crippen molar-refractivity contribution in [1.82, 2.24) is 10.2 Å². The molecule has 0 aromatic carbocycles. The van der Waals surface area contributed by atoms with Crippen LogP contribution in [0.5, 0.6) is 0 Å². The lowest BCUT2D eigenvalue weighted by Crippen LogP contribution is -2.52. The fraction of sp³-hybridized carbons (Fsp3) is 0.412. The highest BCUT2D eigenvalue weighted by Gasteiger charge is 2.43. The molecular weight excluding hydrogens is 344 g/mol. The average molecular weight is 364 g/mol. The molecule has 2 amide bonds. The van der Waals surface area contributed by atoms with Gasteiger partial charge in [-0.3, -0.25) is 9.59 Å². The Kier molecular flexibility index (Phi) is 4.73. The third-order valence-corrected chi connectivity index (χ3v) is 5.78. The standard InChI is InChI=1S/C17H20N2O3S2/c1-17(2,3)18-14(20)12-10-24-16(11-6-7-22-9-11)19(12)15(21)13-5-4-8-23-13/h4-9,12,16H,10H2,1-3H3,(H,18,20). The van der Waals surface area contributed by atoms with Gasteiger partial charge in [0.05, 0.1) is 17.4 Å². The summed E-state index contributed by atoms with van der Waals surface area (Å²) in [4.78, 5) is 28.1. The minimum atomic E-state index is -0.497. The highest BCUT2D eigenvalue weighted by Crippen LogP contribution is 2.42. The van der Waals surface area contributed by atoms with Crippen molar-refractivity contribution in [2.24, 2.45) is 0 Å². The van der Waals surface area contributed by atoms with Gasteiger partial charge in [0, 0.05) is 16.9 Å². The van der Waals surface area contributed by atoms with Crippen LogP contribution in [-0.4, -0.2) is 34.0 Å². The molecule has 3 heterocycles. The van der Waals surface area contributed by atoms with Crippen LogP contribution < -0.4 is 5.32 Å². The van der Waals surface area contributed by atoms with E-state index < -0.39 is 6.04 Å². The second-order valence-electron chi connectivity index (χ2n) is 6.69. The Labute approximate surface area is 149 Å². The van der Waals surface area contributed by atoms with Crippen LogP contribution in [0.1, 0.15) is 41.4 Å². The quantitative estimate of drug-likeness (QED) is 0.905. The summed E-state index contributed by atoms with van der Waals surface area (Å²) >= 11 is 2.97. The van der Waals surface area contributed by atoms with Gasteiger partial charge < -0.3 is 14.6 Å². The van der Waals surface area contributed by atoms with Crippen molar-refractivity contribution in [2.45, 2.75) is 37.7 Å². The number of nitrogens with zero attached hydrogens (tertiary/aromatic N) is 1. The van der Waals surface area contributed by atoms with E-state index in [4.69, 9.17) is 4.42 Å². The van der Waals surface area contributed by atoms with Crippen molar-refractivity contribution < 1.29 is 14.0 Å². The molecule has 0 spiro atoms. The molecule has 5 nitrogen and oxygen atoms in total. The maximum Gasteiger partial charge on any atom is 0.265 e. The lowest BCUT2D eigenvalue weighted by Gasteiger charge is -2.30. The van der Waals surface area contributed by atoms with Gasteiger partial charge >= 0.3 is 0 Å². The molecule has 1 saturated heterocycles. The first-order valence-electron chi connectivity index (χ1n) is 7.69. The summed E-state index contributed by atoms with van der Waals surface area (Å²) in [6.45, 7) is 5.81. The third kappa shape index (κ3) is 3.52. The summed E-state index contributed by atoms with van der Waals surface area (Å²) in [5, 5.41) is 4.65. The minimum Gasteiger partial charge on any atom is -0.472 e. The zero-order chi connectivity index (χ0) is 17.3. The van der Waals surface area contributed by atoms with E-state index in [2.05, 4.69) is 5.32 Å². The lowest BCUT2D eigenvalue weighted by atomic mass is 10.1. The van der Waals surface area contributed by atoms with E-state index in [1.165, 1.54) is 11.3 Å². The predicted molar refractivity (Wildman–Crippen MR) is 96.1 cm³/mol. The second-order valence-corrected chi connectivity index (χ2v) is 8.75. The minimum absolute atomic E-state index is 0.116. The van der Waals surface area contributed by atoms with Gasteiger partial charge in [-0.05, 0) is 38.3 Å². The molecule has 1 fully saturated rings. The highest BCUT2D eigenvalue weighted by molar-refractivity contribution is 7.99. The number of carbonyl (C=O) groups is 2. The number of nitrogens with one attached hydrogen (secondary N) is 1. The molecule has 1 aliphatic heterocycles. The Balaban J connectivity index is 1.91. The summed E-state index contributed by atoms with van der Waals surface area (Å²) in [6, 6.07) is 4.99. The topological polar surface area (TPSA) is 62.6 Å². The molecule has 2 unspecified atom stereocenters. The van der Waals surface area contributed by atoms with Crippen LogP contribution in [0, 0.1) is 0 Å². The number of thioether (sulfide) groups is 1. The van der Waals surface area contributed by atoms with Crippen LogP contribution in [0.3, 0.4) is 0 Å². The number of amides is 2. The zero-order valence-electron chi connectivity index (χ0n) is 13.8. The van der Waals surface area contributed by atoms with Gasteiger partial charge in [0.1, 0.15) is 11.4 Å². The Hall–Kier alpha value is -1.73. The van der Waals surface area contributed by atoms with E-state index in [1.54, 1.807) is 35.3 Å². The number of furan rings is 1. The molecule has 1 N–H and O–H groups in total. The molecule has 128 valence electrons. The molecule has 0 saturated carbocycles. The number of rotatable bonds is 3. The van der Waals surface area contributed by atoms with E-state index in [1.807, 2.05) is 38.3 Å². The van der Waals surface area contributed by atoms with Gasteiger partial charge in [0.25, 0.3) is 5.91 Å². The SMILES string of the molecule is CC(C)(C)NC(=O)C1CSC(c2ccoc2)N1C(=O)c1cccs1. The van der Waals surface area contributed by atoms with Crippen molar-refractivity contribution in [2.75, 3.05) is 5.75 Å². The number of carbonyl (C=O) groups excluding carboxylic acids is 2. The predicted octanol–water partition coefficient (Wildman–Crippen LogP) is 3.51. The molecule has 0 aliphatic carbocycles. The van der Waals surface area contributed by atoms with Crippen LogP contribution >= 0.6 is 23.1 Å². The molecule has 0 bridgehead atoms. The Morgan fingerprint density at radius 2 is 2.12 bits per heavy atom. The van der Waals surface area contributed by atoms with Crippen molar-refractivity contribution in [3.63, 3.8) is 0 Å². The zero-order valence-corrected chi connectivity index (χ0v) is 15.4. The van der Waals surface area contributed by atoms with Crippen molar-refractivity contribution >= 4 is 34.9 Å². The number of thiophene rings is 1. The molecule has 2 aromatic rings. The van der Waals surface area contributed by atoms with E-state index in [9.17, 15) is 9.59 Å². The van der Waals surface area contributed by atoms with E-state index in [-0.39, 0.29) is 22.7 Å². The molecule has 24 heavy (non-hydrogen) atoms. The fourth-order valence-corrected chi connectivity index (χ4v) is 4.68. The summed E-state index contributed by atoms with van der Waals surface area (Å²) in [5.41, 5.74) is 0.559. The van der Waals surface area contributed by atoms with Crippen LogP contribution in [0.4, 0.5) is 0 Å². The molecule has 3 rings (SSSR count). The summed E-state index contributed by atoms with van der Waals surface area (Å²) < 4.78 is 5.17. The molecular formula is C17H20N2O3S2. The van der Waals surface area contributed by atoms with Gasteiger partial charge in [0.2, 0.25) is 5.91 Å². The Bertz CT molecular complexity index is 705. The number of hydrogen-bond donors (Lipinski definition) is 1. The molecule has 1 aliphatic rings. The average Bonchev–Trinajstić information content (AvgIpc) is 3.24. The van der Waals surface area contributed by atoms with E-state index >= 15 is 0 Å². The van der Waals surface area contributed by atoms with Crippen LogP contribution in [-0.2, 0) is 4.79 Å². The summed E-state index contributed by atoms with van der Waals surface area (Å²) in [5.74, 6) is 0.329. The first kappa shape index (κ1) is 17.1. The largest absolute Gasteiger partial charge is 0.472 e. The van der Waals surface area contributed by atoms with Crippen molar-refractivity contribution in [3.05, 3.63) is 46.5 Å². The Morgan fingerprint density at radius 3 is 2.71 bits per heavy atom. The molecule has 2 aromatic heterocycles. The smallest absolute Gasteiger partial charge is 0.265 e. The molecule has 0 radical (unpaired) electrons. The van der Waals surface area contributed by atoms with E-state index in [0.717, 1.165) is 5.56 Å². The normalized spacial score (nSPS) is 21.0. The van der Waals surface area contributed by atoms with Gasteiger partial charge in [-0.2, -0.15) is 0 Å². The lowest BCUT2D eigenvalue weighted by molar-refractivity contribution is -0.126. The molecule has 2 atom stereocenters. The van der Waals surface area contributed by atoms with Crippen LogP contribution in [0.15, 0.2) is 40.5 Å². The van der Waals surface area contributed by atoms with Crippen LogP contribution in [0.25, 0.3) is 0 Å². The monoisotopic (exact) mass is 364 g/mol. The maximum absolute atomic E-state index is 13.0. The summed E-state index contributed by atoms with van der Waals surface area (Å²) in [6.07, 6.45) is 3.22. The first-order valence-corrected chi connectivity index (χ1v) is 9.61. The summed E-state index contributed by atoms with van der Waals surface area (Å²) in [7, 11) is 0. The van der Waals surface area contributed by atoms with Crippen LogP contribution in [0.2, 0.25) is 0 Å². The number of hydrogen-bond acceptors (Lipinski definition) is 5. The second kappa shape index (κ2) is 6.64. The van der Waals surface area contributed by atoms with Gasteiger partial charge in [-0.15, -0.1) is 23.1 Å². The van der Waals surface area contributed by atoms with Crippen molar-refractivity contribution in [3.8, 4) is 0 Å². The highest BCUT2D eigenvalue weighted by atomic mass is 32.2. The molecule has 7 heteroatoms.